The van der Waals surface area contributed by atoms with Crippen molar-refractivity contribution in [2.45, 2.75) is 25.0 Å². The number of hydrogen-bond acceptors (Lipinski definition) is 4. The van der Waals surface area contributed by atoms with Gasteiger partial charge in [-0.3, -0.25) is 4.79 Å². The maximum atomic E-state index is 13.1. The van der Waals surface area contributed by atoms with Gasteiger partial charge in [0, 0.05) is 12.6 Å². The highest BCUT2D eigenvalue weighted by molar-refractivity contribution is 5.79. The number of aromatic nitrogens is 1. The summed E-state index contributed by atoms with van der Waals surface area (Å²) in [6.07, 6.45) is -0.00729. The summed E-state index contributed by atoms with van der Waals surface area (Å²) in [4.78, 5) is 18.6. The van der Waals surface area contributed by atoms with Gasteiger partial charge >= 0.3 is 0 Å². The maximum absolute atomic E-state index is 13.1. The van der Waals surface area contributed by atoms with Crippen molar-refractivity contribution < 1.29 is 19.0 Å². The van der Waals surface area contributed by atoms with Crippen LogP contribution < -0.4 is 4.74 Å². The van der Waals surface area contributed by atoms with Crippen LogP contribution in [0.25, 0.3) is 0 Å². The fourth-order valence-electron chi connectivity index (χ4n) is 3.02. The van der Waals surface area contributed by atoms with E-state index in [9.17, 15) is 14.3 Å². The van der Waals surface area contributed by atoms with Gasteiger partial charge in [0.2, 0.25) is 11.8 Å². The minimum atomic E-state index is -0.581. The Morgan fingerprint density at radius 1 is 1.33 bits per heavy atom. The fraction of sp³-hybridized carbons (Fsp3) is 0.333. The van der Waals surface area contributed by atoms with Crippen LogP contribution in [0.3, 0.4) is 0 Å². The molecule has 1 amide bonds. The van der Waals surface area contributed by atoms with Gasteiger partial charge in [0.25, 0.3) is 0 Å². The summed E-state index contributed by atoms with van der Waals surface area (Å²) < 4.78 is 18.2. The number of aliphatic hydroxyl groups excluding tert-OH is 1. The number of carbonyl (C=O) groups is 1. The van der Waals surface area contributed by atoms with Crippen molar-refractivity contribution in [1.29, 1.82) is 0 Å². The third-order valence-electron chi connectivity index (χ3n) is 4.18. The molecule has 3 rings (SSSR count). The number of pyridine rings is 1. The largest absolute Gasteiger partial charge is 0.481 e. The lowest BCUT2D eigenvalue weighted by Gasteiger charge is -2.24. The zero-order valence-corrected chi connectivity index (χ0v) is 13.4. The molecule has 2 heterocycles. The van der Waals surface area contributed by atoms with Crippen molar-refractivity contribution in [2.24, 2.45) is 0 Å². The number of amides is 1. The molecule has 1 aliphatic rings. The summed E-state index contributed by atoms with van der Waals surface area (Å²) in [6, 6.07) is 11.1. The topological polar surface area (TPSA) is 62.7 Å². The second-order valence-electron chi connectivity index (χ2n) is 5.85. The molecule has 0 spiro atoms. The second kappa shape index (κ2) is 6.97. The zero-order valence-electron chi connectivity index (χ0n) is 13.4. The molecule has 1 N–H and O–H groups in total. The quantitative estimate of drug-likeness (QED) is 0.933. The zero-order chi connectivity index (χ0) is 17.1. The van der Waals surface area contributed by atoms with E-state index in [-0.39, 0.29) is 30.7 Å². The van der Waals surface area contributed by atoms with Gasteiger partial charge in [-0.2, -0.15) is 0 Å². The molecule has 126 valence electrons. The molecule has 1 aliphatic heterocycles. The Morgan fingerprint density at radius 3 is 2.79 bits per heavy atom. The van der Waals surface area contributed by atoms with E-state index in [0.717, 1.165) is 5.56 Å². The predicted octanol–water partition coefficient (Wildman–Crippen LogP) is 2.11. The van der Waals surface area contributed by atoms with E-state index in [1.54, 1.807) is 35.2 Å². The van der Waals surface area contributed by atoms with Crippen molar-refractivity contribution >= 4 is 5.91 Å². The summed E-state index contributed by atoms with van der Waals surface area (Å²) in [7, 11) is 1.52. The van der Waals surface area contributed by atoms with Gasteiger partial charge in [0.1, 0.15) is 5.82 Å². The molecule has 0 saturated carbocycles. The lowest BCUT2D eigenvalue weighted by atomic mass is 10.0. The van der Waals surface area contributed by atoms with E-state index in [4.69, 9.17) is 4.74 Å². The summed E-state index contributed by atoms with van der Waals surface area (Å²) in [5.41, 5.74) is 1.43. The maximum Gasteiger partial charge on any atom is 0.229 e. The minimum absolute atomic E-state index is 0.123. The summed E-state index contributed by atoms with van der Waals surface area (Å²) in [6.45, 7) is 0.269. The van der Waals surface area contributed by atoms with Crippen molar-refractivity contribution in [3.8, 4) is 5.88 Å². The monoisotopic (exact) mass is 330 g/mol. The standard InChI is InChI=1S/C18H19FN2O3/c1-24-17-4-2-3-14(20-17)9-18(23)21-11-15(22)10-16(21)12-5-7-13(19)8-6-12/h2-8,15-16,22H,9-11H2,1H3/t15-,16+/m0/s1. The van der Waals surface area contributed by atoms with Crippen LogP contribution in [-0.2, 0) is 11.2 Å². The minimum Gasteiger partial charge on any atom is -0.481 e. The van der Waals surface area contributed by atoms with Crippen molar-refractivity contribution in [3.05, 3.63) is 59.5 Å². The summed E-state index contributed by atoms with van der Waals surface area (Å²) >= 11 is 0. The highest BCUT2D eigenvalue weighted by Crippen LogP contribution is 2.32. The predicted molar refractivity (Wildman–Crippen MR) is 86.0 cm³/mol. The van der Waals surface area contributed by atoms with Gasteiger partial charge in [-0.1, -0.05) is 18.2 Å². The first-order valence-electron chi connectivity index (χ1n) is 7.79. The summed E-state index contributed by atoms with van der Waals surface area (Å²) in [5.74, 6) is 0.00854. The molecule has 0 bridgehead atoms. The molecule has 1 aromatic heterocycles. The van der Waals surface area contributed by atoms with Gasteiger partial charge in [-0.05, 0) is 30.2 Å². The number of likely N-dealkylation sites (tertiary alicyclic amines) is 1. The number of methoxy groups -OCH3 is 1. The molecular formula is C18H19FN2O3. The normalized spacial score (nSPS) is 20.2. The van der Waals surface area contributed by atoms with E-state index in [2.05, 4.69) is 4.98 Å². The number of β-amino-alcohol motifs (C(OH)–C–C–N with tert-alkyl or cyclic N) is 1. The molecule has 1 aromatic carbocycles. The van der Waals surface area contributed by atoms with Crippen molar-refractivity contribution in [3.63, 3.8) is 0 Å². The molecular weight excluding hydrogens is 311 g/mol. The second-order valence-corrected chi connectivity index (χ2v) is 5.85. The summed E-state index contributed by atoms with van der Waals surface area (Å²) in [5, 5.41) is 9.98. The first-order chi connectivity index (χ1) is 11.6. The highest BCUT2D eigenvalue weighted by atomic mass is 19.1. The fourth-order valence-corrected chi connectivity index (χ4v) is 3.02. The lowest BCUT2D eigenvalue weighted by molar-refractivity contribution is -0.131. The Kier molecular flexibility index (Phi) is 4.76. The SMILES string of the molecule is COc1cccc(CC(=O)N2C[C@@H](O)C[C@@H]2c2ccc(F)cc2)n1. The molecule has 0 aliphatic carbocycles. The Hall–Kier alpha value is -2.47. The molecule has 2 aromatic rings. The molecule has 2 atom stereocenters. The van der Waals surface area contributed by atoms with Crippen LogP contribution in [0.15, 0.2) is 42.5 Å². The van der Waals surface area contributed by atoms with Gasteiger partial charge in [-0.25, -0.2) is 9.37 Å². The van der Waals surface area contributed by atoms with Crippen LogP contribution >= 0.6 is 0 Å². The van der Waals surface area contributed by atoms with Gasteiger partial charge < -0.3 is 14.7 Å². The number of ether oxygens (including phenoxy) is 1. The average Bonchev–Trinajstić information content (AvgIpc) is 2.97. The first-order valence-corrected chi connectivity index (χ1v) is 7.79. The molecule has 0 unspecified atom stereocenters. The Morgan fingerprint density at radius 2 is 2.08 bits per heavy atom. The average molecular weight is 330 g/mol. The molecule has 1 saturated heterocycles. The van der Waals surface area contributed by atoms with Gasteiger partial charge in [0.15, 0.2) is 0 Å². The number of carbonyl (C=O) groups excluding carboxylic acids is 1. The van der Waals surface area contributed by atoms with E-state index in [1.165, 1.54) is 19.2 Å². The molecule has 0 radical (unpaired) electrons. The first kappa shape index (κ1) is 16.4. The molecule has 1 fully saturated rings. The van der Waals surface area contributed by atoms with Crippen LogP contribution in [0.4, 0.5) is 4.39 Å². The Balaban J connectivity index is 1.77. The number of halogens is 1. The smallest absolute Gasteiger partial charge is 0.229 e. The third kappa shape index (κ3) is 3.54. The number of nitrogens with zero attached hydrogens (tertiary/aromatic N) is 2. The Bertz CT molecular complexity index is 720. The number of rotatable bonds is 4. The molecule has 5 nitrogen and oxygen atoms in total. The van der Waals surface area contributed by atoms with Crippen LogP contribution in [0.5, 0.6) is 5.88 Å². The van der Waals surface area contributed by atoms with Crippen LogP contribution in [-0.4, -0.2) is 40.7 Å². The third-order valence-corrected chi connectivity index (χ3v) is 4.18. The number of hydrogen-bond donors (Lipinski definition) is 1. The van der Waals surface area contributed by atoms with Gasteiger partial charge in [-0.15, -0.1) is 0 Å². The number of benzene rings is 1. The van der Waals surface area contributed by atoms with Crippen LogP contribution in [0.2, 0.25) is 0 Å². The lowest BCUT2D eigenvalue weighted by Crippen LogP contribution is -2.33. The van der Waals surface area contributed by atoms with E-state index in [1.807, 2.05) is 0 Å². The molecule has 6 heteroatoms. The Labute approximate surface area is 139 Å². The molecule has 24 heavy (non-hydrogen) atoms. The van der Waals surface area contributed by atoms with Gasteiger partial charge in [0.05, 0.1) is 31.4 Å². The highest BCUT2D eigenvalue weighted by Gasteiger charge is 2.35. The van der Waals surface area contributed by atoms with Crippen molar-refractivity contribution in [2.75, 3.05) is 13.7 Å². The van der Waals surface area contributed by atoms with E-state index in [0.29, 0.717) is 18.0 Å². The van der Waals surface area contributed by atoms with E-state index < -0.39 is 6.10 Å². The number of aliphatic hydroxyl groups is 1. The van der Waals surface area contributed by atoms with E-state index >= 15 is 0 Å². The van der Waals surface area contributed by atoms with Crippen molar-refractivity contribution in [1.82, 2.24) is 9.88 Å². The van der Waals surface area contributed by atoms with Crippen LogP contribution in [0.1, 0.15) is 23.7 Å². The van der Waals surface area contributed by atoms with Crippen LogP contribution in [0, 0.1) is 5.82 Å².